The van der Waals surface area contributed by atoms with Crippen molar-refractivity contribution in [2.24, 2.45) is 5.92 Å². The lowest BCUT2D eigenvalue weighted by molar-refractivity contribution is -0.142. The van der Waals surface area contributed by atoms with Crippen molar-refractivity contribution in [3.63, 3.8) is 0 Å². The molecule has 5 N–H and O–H groups in total. The second-order valence-corrected chi connectivity index (χ2v) is 11.5. The standard InChI is InChI=1S/C28H30Cl2N2O5S/c1-15(23-19(29)8-5-9-20(23)30)26(34)31-21-14-22(16-10-12-18(33)13-11-16)38-25(21)27(35)32-24(28(36)37)17-6-3-2-4-7-17/h5,8-10,12-14,16-17,24,27,32-33,35H,1-4,6-7,11H2,(H,31,34)(H,36,37)/t16?,24-,27?/m0/s1. The van der Waals surface area contributed by atoms with Crippen LogP contribution in [0.15, 0.2) is 54.8 Å². The van der Waals surface area contributed by atoms with E-state index in [0.717, 1.165) is 37.0 Å². The van der Waals surface area contributed by atoms with Crippen LogP contribution in [-0.2, 0) is 9.59 Å². The van der Waals surface area contributed by atoms with Gasteiger partial charge in [-0.1, -0.05) is 61.2 Å². The Kier molecular flexibility index (Phi) is 9.33. The molecule has 2 aromatic rings. The van der Waals surface area contributed by atoms with Gasteiger partial charge >= 0.3 is 5.97 Å². The molecule has 1 aromatic heterocycles. The van der Waals surface area contributed by atoms with Gasteiger partial charge in [-0.25, -0.2) is 0 Å². The van der Waals surface area contributed by atoms with Gasteiger partial charge in [0.15, 0.2) is 0 Å². The number of carbonyl (C=O) groups is 2. The molecular weight excluding hydrogens is 547 g/mol. The molecule has 38 heavy (non-hydrogen) atoms. The number of aliphatic hydroxyl groups is 2. The second kappa shape index (κ2) is 12.5. The topological polar surface area (TPSA) is 119 Å². The van der Waals surface area contributed by atoms with E-state index < -0.39 is 24.1 Å². The summed E-state index contributed by atoms with van der Waals surface area (Å²) >= 11 is 13.8. The fourth-order valence-corrected chi connectivity index (χ4v) is 6.73. The highest BCUT2D eigenvalue weighted by atomic mass is 35.5. The van der Waals surface area contributed by atoms with Gasteiger partial charge in [0.1, 0.15) is 18.0 Å². The summed E-state index contributed by atoms with van der Waals surface area (Å²) in [5, 5.41) is 37.1. The number of carboxylic acids is 1. The number of anilines is 1. The van der Waals surface area contributed by atoms with E-state index in [4.69, 9.17) is 23.2 Å². The van der Waals surface area contributed by atoms with Crippen LogP contribution in [0, 0.1) is 5.92 Å². The number of hydrogen-bond acceptors (Lipinski definition) is 6. The Morgan fingerprint density at radius 3 is 2.42 bits per heavy atom. The molecule has 2 unspecified atom stereocenters. The quantitative estimate of drug-likeness (QED) is 0.165. The number of amides is 1. The molecule has 0 aliphatic heterocycles. The lowest BCUT2D eigenvalue weighted by atomic mass is 9.84. The molecule has 0 bridgehead atoms. The van der Waals surface area contributed by atoms with Crippen LogP contribution in [0.5, 0.6) is 0 Å². The molecule has 10 heteroatoms. The summed E-state index contributed by atoms with van der Waals surface area (Å²) < 4.78 is 0. The van der Waals surface area contributed by atoms with Crippen molar-refractivity contribution in [3.8, 4) is 0 Å². The molecule has 1 amide bonds. The third kappa shape index (κ3) is 6.50. The smallest absolute Gasteiger partial charge is 0.321 e. The Morgan fingerprint density at radius 1 is 1.13 bits per heavy atom. The molecular formula is C28H30Cl2N2O5S. The Labute approximate surface area is 235 Å². The van der Waals surface area contributed by atoms with Crippen LogP contribution < -0.4 is 10.6 Å². The van der Waals surface area contributed by atoms with Crippen LogP contribution in [0.4, 0.5) is 5.69 Å². The largest absolute Gasteiger partial charge is 0.508 e. The molecule has 4 rings (SSSR count). The van der Waals surface area contributed by atoms with Crippen molar-refractivity contribution < 1.29 is 24.9 Å². The molecule has 1 fully saturated rings. The van der Waals surface area contributed by atoms with Crippen LogP contribution in [0.25, 0.3) is 5.57 Å². The van der Waals surface area contributed by atoms with Crippen molar-refractivity contribution in [3.05, 3.63) is 80.2 Å². The zero-order valence-corrected chi connectivity index (χ0v) is 23.0. The Balaban J connectivity index is 1.62. The lowest BCUT2D eigenvalue weighted by Crippen LogP contribution is -2.45. The molecule has 0 saturated heterocycles. The zero-order chi connectivity index (χ0) is 27.4. The van der Waals surface area contributed by atoms with E-state index in [1.54, 1.807) is 36.4 Å². The van der Waals surface area contributed by atoms with Gasteiger partial charge in [0.05, 0.1) is 20.6 Å². The van der Waals surface area contributed by atoms with Gasteiger partial charge in [0, 0.05) is 21.9 Å². The third-order valence-corrected chi connectivity index (χ3v) is 8.93. The van der Waals surface area contributed by atoms with Crippen molar-refractivity contribution in [1.82, 2.24) is 5.32 Å². The van der Waals surface area contributed by atoms with E-state index in [9.17, 15) is 24.9 Å². The van der Waals surface area contributed by atoms with Gasteiger partial charge in [0.2, 0.25) is 0 Å². The molecule has 1 saturated carbocycles. The Bertz CT molecular complexity index is 1260. The summed E-state index contributed by atoms with van der Waals surface area (Å²) in [6.07, 6.45) is 8.90. The number of rotatable bonds is 9. The first-order valence-electron chi connectivity index (χ1n) is 12.5. The first-order chi connectivity index (χ1) is 18.2. The molecule has 0 spiro atoms. The minimum Gasteiger partial charge on any atom is -0.508 e. The number of allylic oxidation sites excluding steroid dienone is 3. The highest BCUT2D eigenvalue weighted by Gasteiger charge is 2.33. The number of aliphatic hydroxyl groups excluding tert-OH is 2. The molecule has 2 aliphatic rings. The van der Waals surface area contributed by atoms with Crippen molar-refractivity contribution in [2.45, 2.75) is 56.7 Å². The number of thiophene rings is 1. The van der Waals surface area contributed by atoms with Gasteiger partial charge in [-0.2, -0.15) is 0 Å². The van der Waals surface area contributed by atoms with Crippen LogP contribution in [0.1, 0.15) is 66.0 Å². The van der Waals surface area contributed by atoms with Crippen LogP contribution in [-0.4, -0.2) is 33.2 Å². The maximum absolute atomic E-state index is 13.2. The number of nitrogens with one attached hydrogen (secondary N) is 2. The van der Waals surface area contributed by atoms with Gasteiger partial charge in [-0.05, 0) is 55.5 Å². The summed E-state index contributed by atoms with van der Waals surface area (Å²) in [6, 6.07) is 5.72. The highest BCUT2D eigenvalue weighted by molar-refractivity contribution is 7.12. The van der Waals surface area contributed by atoms with Crippen LogP contribution >= 0.6 is 34.5 Å². The molecule has 2 aliphatic carbocycles. The van der Waals surface area contributed by atoms with Crippen molar-refractivity contribution in [1.29, 1.82) is 0 Å². The fraction of sp³-hybridized carbons (Fsp3) is 0.357. The maximum atomic E-state index is 13.2. The molecule has 202 valence electrons. The maximum Gasteiger partial charge on any atom is 0.321 e. The van der Waals surface area contributed by atoms with Crippen molar-refractivity contribution in [2.75, 3.05) is 5.32 Å². The molecule has 1 aromatic carbocycles. The first kappa shape index (κ1) is 28.4. The summed E-state index contributed by atoms with van der Waals surface area (Å²) in [7, 11) is 0. The van der Waals surface area contributed by atoms with Crippen LogP contribution in [0.2, 0.25) is 10.0 Å². The Hall–Kier alpha value is -2.62. The molecule has 3 atom stereocenters. The molecule has 7 nitrogen and oxygen atoms in total. The average molecular weight is 578 g/mol. The number of carbonyl (C=O) groups excluding carboxylic acids is 1. The number of hydrogen-bond donors (Lipinski definition) is 5. The summed E-state index contributed by atoms with van der Waals surface area (Å²) in [4.78, 5) is 26.5. The van der Waals surface area contributed by atoms with E-state index >= 15 is 0 Å². The van der Waals surface area contributed by atoms with Gasteiger partial charge in [-0.3, -0.25) is 14.9 Å². The van der Waals surface area contributed by atoms with Gasteiger partial charge in [0.25, 0.3) is 5.91 Å². The number of halogens is 2. The van der Waals surface area contributed by atoms with E-state index in [0.29, 0.717) is 22.5 Å². The second-order valence-electron chi connectivity index (χ2n) is 9.57. The number of carboxylic acid groups (broad SMARTS) is 1. The zero-order valence-electron chi connectivity index (χ0n) is 20.6. The summed E-state index contributed by atoms with van der Waals surface area (Å²) in [5.74, 6) is -1.57. The highest BCUT2D eigenvalue weighted by Crippen LogP contribution is 2.40. The molecule has 1 heterocycles. The normalized spacial score (nSPS) is 19.4. The van der Waals surface area contributed by atoms with E-state index in [-0.39, 0.29) is 33.2 Å². The predicted molar refractivity (Wildman–Crippen MR) is 152 cm³/mol. The van der Waals surface area contributed by atoms with Gasteiger partial charge < -0.3 is 20.6 Å². The van der Waals surface area contributed by atoms with E-state index in [2.05, 4.69) is 17.2 Å². The predicted octanol–water partition coefficient (Wildman–Crippen LogP) is 6.81. The molecule has 0 radical (unpaired) electrons. The lowest BCUT2D eigenvalue weighted by Gasteiger charge is -2.30. The SMILES string of the molecule is C=C(C(=O)Nc1cc(C2C=CC(O)=CC2)sc1C(O)N[C@H](C(=O)O)C1CCCCC1)c1c(Cl)cccc1Cl. The van der Waals surface area contributed by atoms with E-state index in [1.807, 2.05) is 6.08 Å². The minimum atomic E-state index is -1.33. The number of aliphatic carboxylic acids is 1. The number of benzene rings is 1. The van der Waals surface area contributed by atoms with Crippen LogP contribution in [0.3, 0.4) is 0 Å². The first-order valence-corrected chi connectivity index (χ1v) is 14.1. The minimum absolute atomic E-state index is 0.0535. The van der Waals surface area contributed by atoms with E-state index in [1.165, 1.54) is 11.3 Å². The summed E-state index contributed by atoms with van der Waals surface area (Å²) in [6.45, 7) is 3.87. The average Bonchev–Trinajstić information content (AvgIpc) is 3.31. The third-order valence-electron chi connectivity index (χ3n) is 6.99. The van der Waals surface area contributed by atoms with Crippen molar-refractivity contribution >= 4 is 57.7 Å². The fourth-order valence-electron chi connectivity index (χ4n) is 4.95. The summed E-state index contributed by atoms with van der Waals surface area (Å²) in [5.41, 5.74) is 0.695. The Morgan fingerprint density at radius 2 is 1.82 bits per heavy atom. The monoisotopic (exact) mass is 576 g/mol. The van der Waals surface area contributed by atoms with Gasteiger partial charge in [-0.15, -0.1) is 11.3 Å².